The minimum Gasteiger partial charge on any atom is -0.265 e. The number of benzene rings is 1. The number of nitrogens with zero attached hydrogens (tertiary/aromatic N) is 2. The van der Waals surface area contributed by atoms with Gasteiger partial charge in [0.1, 0.15) is 5.82 Å². The molecule has 0 aliphatic heterocycles. The molecular weight excluding hydrogens is 385 g/mol. The van der Waals surface area contributed by atoms with Crippen LogP contribution in [0.3, 0.4) is 0 Å². The average molecular weight is 391 g/mol. The topological polar surface area (TPSA) is 33.6 Å². The Morgan fingerprint density at radius 2 is 2.25 bits per heavy atom. The fourth-order valence-corrected chi connectivity index (χ4v) is 3.76. The summed E-state index contributed by atoms with van der Waals surface area (Å²) in [5, 5.41) is 9.16. The minimum absolute atomic E-state index is 0.257. The van der Waals surface area contributed by atoms with Crippen LogP contribution in [-0.2, 0) is 0 Å². The first kappa shape index (κ1) is 13.9. The Labute approximate surface area is 136 Å². The molecule has 8 heteroatoms. The molecule has 3 nitrogen and oxygen atoms in total. The Hall–Kier alpha value is -1.02. The summed E-state index contributed by atoms with van der Waals surface area (Å²) in [5.41, 5.74) is 0.565. The molecule has 0 saturated carbocycles. The van der Waals surface area contributed by atoms with Crippen LogP contribution in [0, 0.1) is 10.6 Å². The van der Waals surface area contributed by atoms with Gasteiger partial charge in [-0.3, -0.25) is 9.67 Å². The third-order valence-corrected chi connectivity index (χ3v) is 4.65. The van der Waals surface area contributed by atoms with Crippen molar-refractivity contribution < 1.29 is 4.39 Å². The zero-order valence-electron chi connectivity index (χ0n) is 9.73. The highest BCUT2D eigenvalue weighted by molar-refractivity contribution is 9.10. The molecule has 3 aromatic rings. The Kier molecular flexibility index (Phi) is 3.76. The van der Waals surface area contributed by atoms with Crippen LogP contribution in [0.25, 0.3) is 16.4 Å². The molecule has 0 atom stereocenters. The maximum atomic E-state index is 13.4. The fraction of sp³-hybridized carbons (Fsp3) is 0. The largest absolute Gasteiger partial charge is 0.265 e. The van der Waals surface area contributed by atoms with Crippen molar-refractivity contribution >= 4 is 51.1 Å². The molecule has 0 amide bonds. The van der Waals surface area contributed by atoms with Crippen LogP contribution >= 0.6 is 51.1 Å². The predicted octanol–water partition coefficient (Wildman–Crippen LogP) is 5.21. The highest BCUT2D eigenvalue weighted by Gasteiger charge is 2.17. The van der Waals surface area contributed by atoms with E-state index in [2.05, 4.69) is 26.1 Å². The molecule has 2 aromatic heterocycles. The van der Waals surface area contributed by atoms with E-state index >= 15 is 0 Å². The van der Waals surface area contributed by atoms with E-state index in [-0.39, 0.29) is 5.02 Å². The summed E-state index contributed by atoms with van der Waals surface area (Å²) in [5.74, 6) is 0.220. The summed E-state index contributed by atoms with van der Waals surface area (Å²) in [7, 11) is 0. The van der Waals surface area contributed by atoms with Gasteiger partial charge in [0.2, 0.25) is 0 Å². The highest BCUT2D eigenvalue weighted by Crippen LogP contribution is 2.34. The van der Waals surface area contributed by atoms with Crippen molar-refractivity contribution in [1.82, 2.24) is 14.8 Å². The van der Waals surface area contributed by atoms with Crippen molar-refractivity contribution in [2.24, 2.45) is 0 Å². The second-order valence-corrected chi connectivity index (χ2v) is 6.48. The zero-order chi connectivity index (χ0) is 14.3. The van der Waals surface area contributed by atoms with Gasteiger partial charge in [-0.15, -0.1) is 11.3 Å². The van der Waals surface area contributed by atoms with Crippen LogP contribution in [0.1, 0.15) is 0 Å². The Morgan fingerprint density at radius 1 is 1.45 bits per heavy atom. The Bertz CT molecular complexity index is 803. The van der Waals surface area contributed by atoms with E-state index in [0.717, 1.165) is 4.88 Å². The molecule has 0 saturated heterocycles. The predicted molar refractivity (Wildman–Crippen MR) is 84.7 cm³/mol. The van der Waals surface area contributed by atoms with E-state index in [1.165, 1.54) is 23.5 Å². The monoisotopic (exact) mass is 389 g/mol. The fourth-order valence-electron chi connectivity index (χ4n) is 1.82. The van der Waals surface area contributed by atoms with Crippen molar-refractivity contribution in [1.29, 1.82) is 0 Å². The molecule has 1 N–H and O–H groups in total. The lowest BCUT2D eigenvalue weighted by atomic mass is 10.3. The molecule has 0 radical (unpaired) electrons. The van der Waals surface area contributed by atoms with E-state index in [4.69, 9.17) is 23.8 Å². The normalized spacial score (nSPS) is 10.9. The van der Waals surface area contributed by atoms with E-state index in [1.54, 1.807) is 4.57 Å². The summed E-state index contributed by atoms with van der Waals surface area (Å²) < 4.78 is 15.9. The molecule has 0 aliphatic carbocycles. The van der Waals surface area contributed by atoms with Crippen molar-refractivity contribution in [3.05, 3.63) is 49.7 Å². The van der Waals surface area contributed by atoms with E-state index in [9.17, 15) is 4.39 Å². The molecular formula is C12H6BrClFN3S2. The minimum atomic E-state index is -0.418. The number of nitrogens with one attached hydrogen (secondary N) is 1. The zero-order valence-corrected chi connectivity index (χ0v) is 13.7. The molecule has 3 rings (SSSR count). The quantitative estimate of drug-likeness (QED) is 0.609. The number of rotatable bonds is 2. The van der Waals surface area contributed by atoms with Gasteiger partial charge in [-0.05, 0) is 51.7 Å². The van der Waals surface area contributed by atoms with Crippen molar-refractivity contribution in [3.8, 4) is 16.4 Å². The number of thiophene rings is 1. The van der Waals surface area contributed by atoms with Gasteiger partial charge in [-0.25, -0.2) is 4.39 Å². The lowest BCUT2D eigenvalue weighted by Crippen LogP contribution is -2.00. The van der Waals surface area contributed by atoms with Gasteiger partial charge in [-0.2, -0.15) is 5.10 Å². The molecule has 20 heavy (non-hydrogen) atoms. The van der Waals surface area contributed by atoms with Crippen LogP contribution in [0.4, 0.5) is 4.39 Å². The van der Waals surface area contributed by atoms with Gasteiger partial charge in [0.25, 0.3) is 0 Å². The summed E-state index contributed by atoms with van der Waals surface area (Å²) in [4.78, 5) is 0.935. The third kappa shape index (κ3) is 2.35. The SMILES string of the molecule is Fc1cc(Cl)c(-n2c(-c3cccs3)n[nH]c2=S)c(Br)c1. The molecule has 0 fully saturated rings. The van der Waals surface area contributed by atoms with E-state index < -0.39 is 5.82 Å². The van der Waals surface area contributed by atoms with Gasteiger partial charge in [0.05, 0.1) is 15.6 Å². The number of hydrogen-bond donors (Lipinski definition) is 1. The van der Waals surface area contributed by atoms with E-state index in [1.807, 2.05) is 17.5 Å². The van der Waals surface area contributed by atoms with Crippen LogP contribution in [0.2, 0.25) is 5.02 Å². The number of H-pyrrole nitrogens is 1. The average Bonchev–Trinajstić information content (AvgIpc) is 2.99. The second-order valence-electron chi connectivity index (χ2n) is 3.88. The number of aromatic amines is 1. The molecule has 0 bridgehead atoms. The van der Waals surface area contributed by atoms with Crippen LogP contribution in [-0.4, -0.2) is 14.8 Å². The van der Waals surface area contributed by atoms with Crippen molar-refractivity contribution in [3.63, 3.8) is 0 Å². The Balaban J connectivity index is 2.32. The molecule has 0 aliphatic rings. The number of hydrogen-bond acceptors (Lipinski definition) is 3. The van der Waals surface area contributed by atoms with Gasteiger partial charge < -0.3 is 0 Å². The van der Waals surface area contributed by atoms with Crippen molar-refractivity contribution in [2.75, 3.05) is 0 Å². The summed E-state index contributed by atoms with van der Waals surface area (Å²) in [6.07, 6.45) is 0. The first-order valence-electron chi connectivity index (χ1n) is 5.44. The maximum Gasteiger partial charge on any atom is 0.200 e. The van der Waals surface area contributed by atoms with Gasteiger partial charge in [-0.1, -0.05) is 17.7 Å². The maximum absolute atomic E-state index is 13.4. The number of aromatic nitrogens is 3. The second kappa shape index (κ2) is 5.40. The van der Waals surface area contributed by atoms with Gasteiger partial charge >= 0.3 is 0 Å². The third-order valence-electron chi connectivity index (χ3n) is 2.62. The summed E-state index contributed by atoms with van der Waals surface area (Å²) >= 11 is 16.3. The van der Waals surface area contributed by atoms with Crippen LogP contribution in [0.15, 0.2) is 34.1 Å². The van der Waals surface area contributed by atoms with Crippen molar-refractivity contribution in [2.45, 2.75) is 0 Å². The molecule has 0 spiro atoms. The first-order chi connectivity index (χ1) is 9.58. The van der Waals surface area contributed by atoms with Crippen LogP contribution < -0.4 is 0 Å². The van der Waals surface area contributed by atoms with Crippen LogP contribution in [0.5, 0.6) is 0 Å². The van der Waals surface area contributed by atoms with Gasteiger partial charge in [0.15, 0.2) is 10.6 Å². The first-order valence-corrected chi connectivity index (χ1v) is 7.90. The standard InChI is InChI=1S/C12H6BrClFN3S2/c13-7-4-6(15)5-8(14)10(7)18-11(16-17-12(18)19)9-2-1-3-20-9/h1-5H,(H,17,19). The molecule has 2 heterocycles. The molecule has 0 unspecified atom stereocenters. The molecule has 102 valence electrons. The smallest absolute Gasteiger partial charge is 0.200 e. The lowest BCUT2D eigenvalue weighted by molar-refractivity contribution is 0.626. The summed E-state index contributed by atoms with van der Waals surface area (Å²) in [6.45, 7) is 0. The molecule has 1 aromatic carbocycles. The number of halogens is 3. The Morgan fingerprint density at radius 3 is 2.90 bits per heavy atom. The lowest BCUT2D eigenvalue weighted by Gasteiger charge is -2.10. The summed E-state index contributed by atoms with van der Waals surface area (Å²) in [6, 6.07) is 6.43. The highest BCUT2D eigenvalue weighted by atomic mass is 79.9. The van der Waals surface area contributed by atoms with Gasteiger partial charge in [0, 0.05) is 4.47 Å². The van der Waals surface area contributed by atoms with E-state index in [0.29, 0.717) is 20.8 Å².